The Kier molecular flexibility index (Phi) is 3.31. The number of rotatable bonds is 0. The molecule has 0 amide bonds. The van der Waals surface area contributed by atoms with Gasteiger partial charge in [0.15, 0.2) is 5.76 Å². The maximum absolute atomic E-state index is 13.3. The molecule has 25 heavy (non-hydrogen) atoms. The molecule has 0 radical (unpaired) electrons. The Hall–Kier alpha value is -1.68. The van der Waals surface area contributed by atoms with Crippen LogP contribution in [0, 0.1) is 16.7 Å². The van der Waals surface area contributed by atoms with E-state index in [4.69, 9.17) is 4.74 Å². The van der Waals surface area contributed by atoms with Gasteiger partial charge in [-0.1, -0.05) is 27.4 Å². The molecule has 0 bridgehead atoms. The van der Waals surface area contributed by atoms with Crippen LogP contribution in [0.15, 0.2) is 34.6 Å². The summed E-state index contributed by atoms with van der Waals surface area (Å²) in [5.74, 6) is 0.303. The summed E-state index contributed by atoms with van der Waals surface area (Å²) in [7, 11) is 0. The van der Waals surface area contributed by atoms with Gasteiger partial charge < -0.3 is 9.84 Å². The first-order valence-corrected chi connectivity index (χ1v) is 9.18. The van der Waals surface area contributed by atoms with Crippen LogP contribution in [0.1, 0.15) is 53.4 Å². The van der Waals surface area contributed by atoms with Gasteiger partial charge in [0.25, 0.3) is 0 Å². The van der Waals surface area contributed by atoms with E-state index in [-0.39, 0.29) is 23.6 Å². The lowest BCUT2D eigenvalue weighted by Crippen LogP contribution is -2.57. The number of allylic oxidation sites excluding steroid dienone is 2. The third-order valence-electron chi connectivity index (χ3n) is 6.97. The van der Waals surface area contributed by atoms with Crippen LogP contribution in [0.25, 0.3) is 0 Å². The van der Waals surface area contributed by atoms with E-state index in [2.05, 4.69) is 6.58 Å². The van der Waals surface area contributed by atoms with E-state index in [9.17, 15) is 14.7 Å². The van der Waals surface area contributed by atoms with Crippen molar-refractivity contribution in [3.8, 4) is 0 Å². The lowest BCUT2D eigenvalue weighted by molar-refractivity contribution is -0.148. The van der Waals surface area contributed by atoms with Gasteiger partial charge in [0.2, 0.25) is 5.78 Å². The Bertz CT molecular complexity index is 782. The molecule has 4 nitrogen and oxygen atoms in total. The molecule has 1 fully saturated rings. The van der Waals surface area contributed by atoms with Crippen LogP contribution in [0.5, 0.6) is 0 Å². The van der Waals surface area contributed by atoms with Gasteiger partial charge in [0, 0.05) is 40.7 Å². The summed E-state index contributed by atoms with van der Waals surface area (Å²) in [5.41, 5.74) is 2.20. The molecular weight excluding hydrogens is 316 g/mol. The van der Waals surface area contributed by atoms with Crippen LogP contribution >= 0.6 is 0 Å². The van der Waals surface area contributed by atoms with Crippen molar-refractivity contribution in [1.29, 1.82) is 0 Å². The Labute approximate surface area is 148 Å². The third kappa shape index (κ3) is 1.97. The molecule has 4 aliphatic rings. The largest absolute Gasteiger partial charge is 0.486 e. The average Bonchev–Trinajstić information content (AvgIpc) is 2.90. The van der Waals surface area contributed by atoms with Gasteiger partial charge in [-0.15, -0.1) is 0 Å². The quantitative estimate of drug-likeness (QED) is 0.734. The zero-order valence-corrected chi connectivity index (χ0v) is 15.4. The number of carbonyl (C=O) groups is 2. The first-order valence-electron chi connectivity index (χ1n) is 9.18. The second kappa shape index (κ2) is 4.94. The molecule has 0 saturated heterocycles. The normalized spacial score (nSPS) is 39.9. The molecule has 0 aromatic heterocycles. The highest BCUT2D eigenvalue weighted by Crippen LogP contribution is 2.61. The van der Waals surface area contributed by atoms with Gasteiger partial charge in [0.05, 0.1) is 6.10 Å². The van der Waals surface area contributed by atoms with Crippen molar-refractivity contribution in [2.24, 2.45) is 16.7 Å². The van der Waals surface area contributed by atoms with Crippen LogP contribution in [-0.2, 0) is 14.3 Å². The Balaban J connectivity index is 1.89. The van der Waals surface area contributed by atoms with Crippen molar-refractivity contribution >= 4 is 11.6 Å². The number of hydrogen-bond acceptors (Lipinski definition) is 4. The van der Waals surface area contributed by atoms with Crippen molar-refractivity contribution in [1.82, 2.24) is 0 Å². The number of carbonyl (C=O) groups excluding carboxylic acids is 2. The highest BCUT2D eigenvalue weighted by atomic mass is 16.5. The van der Waals surface area contributed by atoms with Crippen LogP contribution in [-0.4, -0.2) is 28.9 Å². The predicted molar refractivity (Wildman–Crippen MR) is 93.6 cm³/mol. The molecule has 1 heterocycles. The summed E-state index contributed by atoms with van der Waals surface area (Å²) in [6.07, 6.45) is 1.44. The maximum atomic E-state index is 13.3. The lowest BCUT2D eigenvalue weighted by atomic mass is 9.47. The van der Waals surface area contributed by atoms with E-state index in [1.165, 1.54) is 0 Å². The van der Waals surface area contributed by atoms with Crippen LogP contribution in [0.3, 0.4) is 0 Å². The second-order valence-electron chi connectivity index (χ2n) is 8.91. The highest BCUT2D eigenvalue weighted by molar-refractivity contribution is 6.12. The Morgan fingerprint density at radius 2 is 1.84 bits per heavy atom. The van der Waals surface area contributed by atoms with E-state index in [0.29, 0.717) is 31.4 Å². The van der Waals surface area contributed by atoms with Gasteiger partial charge in [-0.25, -0.2) is 0 Å². The minimum atomic E-state index is -0.648. The number of hydrogen-bond donors (Lipinski definition) is 1. The van der Waals surface area contributed by atoms with E-state index in [1.54, 1.807) is 0 Å². The molecule has 0 aromatic carbocycles. The standard InChI is InChI=1S/C21H26O4/c1-10-8-13-11(2)12-9-14(22)19-20(3,4)15(23)6-7-21(19,5)16(12)17(24)18(13)25-10/h10,14,19,22H,2,6-9H2,1,3-5H3/t10-,14+,19-,21+/m0/s1. The van der Waals surface area contributed by atoms with Gasteiger partial charge in [0.1, 0.15) is 11.9 Å². The number of ether oxygens (including phenoxy) is 1. The molecule has 4 atom stereocenters. The minimum absolute atomic E-state index is 0.0232. The van der Waals surface area contributed by atoms with Crippen molar-refractivity contribution < 1.29 is 19.4 Å². The van der Waals surface area contributed by atoms with E-state index < -0.39 is 16.9 Å². The maximum Gasteiger partial charge on any atom is 0.224 e. The molecule has 0 unspecified atom stereocenters. The number of aliphatic hydroxyl groups is 1. The SMILES string of the molecule is C=C1C2=C(O[C@@H](C)C2)C(=O)C2=C1C[C@@H](O)[C@H]1C(C)(C)C(=O)CC[C@]21C. The molecular formula is C21H26O4. The average molecular weight is 342 g/mol. The van der Waals surface area contributed by atoms with E-state index in [0.717, 1.165) is 22.3 Å². The summed E-state index contributed by atoms with van der Waals surface area (Å²) in [6.45, 7) is 12.1. The molecule has 3 aliphatic carbocycles. The Morgan fingerprint density at radius 3 is 2.52 bits per heavy atom. The number of fused-ring (bicyclic) bond motifs is 2. The summed E-state index contributed by atoms with van der Waals surface area (Å²) in [5, 5.41) is 11.0. The smallest absolute Gasteiger partial charge is 0.224 e. The molecule has 4 heteroatoms. The topological polar surface area (TPSA) is 63.6 Å². The molecule has 1 saturated carbocycles. The lowest BCUT2D eigenvalue weighted by Gasteiger charge is -2.56. The molecule has 1 aliphatic heterocycles. The van der Waals surface area contributed by atoms with Gasteiger partial charge in [-0.05, 0) is 30.9 Å². The zero-order chi connectivity index (χ0) is 18.3. The van der Waals surface area contributed by atoms with Crippen LogP contribution in [0.4, 0.5) is 0 Å². The number of Topliss-reactive ketones (excluding diaryl/α,β-unsaturated/α-hetero) is 2. The first kappa shape index (κ1) is 16.8. The van der Waals surface area contributed by atoms with E-state index in [1.807, 2.05) is 27.7 Å². The van der Waals surface area contributed by atoms with Crippen molar-refractivity contribution in [3.63, 3.8) is 0 Å². The molecule has 0 aromatic rings. The van der Waals surface area contributed by atoms with Gasteiger partial charge >= 0.3 is 0 Å². The second-order valence-corrected chi connectivity index (χ2v) is 8.91. The first-order chi connectivity index (χ1) is 11.6. The van der Waals surface area contributed by atoms with Crippen LogP contribution in [0.2, 0.25) is 0 Å². The van der Waals surface area contributed by atoms with Gasteiger partial charge in [-0.2, -0.15) is 0 Å². The molecule has 4 rings (SSSR count). The van der Waals surface area contributed by atoms with Crippen LogP contribution < -0.4 is 0 Å². The molecule has 1 N–H and O–H groups in total. The third-order valence-corrected chi connectivity index (χ3v) is 6.97. The van der Waals surface area contributed by atoms with Gasteiger partial charge in [-0.3, -0.25) is 9.59 Å². The molecule has 134 valence electrons. The van der Waals surface area contributed by atoms with E-state index >= 15 is 0 Å². The summed E-state index contributed by atoms with van der Waals surface area (Å²) in [4.78, 5) is 25.9. The minimum Gasteiger partial charge on any atom is -0.486 e. The van der Waals surface area contributed by atoms with Crippen molar-refractivity contribution in [2.75, 3.05) is 0 Å². The zero-order valence-electron chi connectivity index (χ0n) is 15.4. The number of aliphatic hydroxyl groups excluding tert-OH is 1. The fourth-order valence-electron chi connectivity index (χ4n) is 5.89. The molecule has 0 spiro atoms. The fraction of sp³-hybridized carbons (Fsp3) is 0.619. The Morgan fingerprint density at radius 1 is 1.16 bits per heavy atom. The van der Waals surface area contributed by atoms with Crippen molar-refractivity contribution in [3.05, 3.63) is 34.6 Å². The summed E-state index contributed by atoms with van der Waals surface area (Å²) >= 11 is 0. The summed E-state index contributed by atoms with van der Waals surface area (Å²) < 4.78 is 5.83. The monoisotopic (exact) mass is 342 g/mol. The fourth-order valence-corrected chi connectivity index (χ4v) is 5.89. The summed E-state index contributed by atoms with van der Waals surface area (Å²) in [6, 6.07) is 0. The number of ketones is 2. The highest BCUT2D eigenvalue weighted by Gasteiger charge is 2.60. The predicted octanol–water partition coefficient (Wildman–Crippen LogP) is 3.26. The van der Waals surface area contributed by atoms with Crippen molar-refractivity contribution in [2.45, 2.75) is 65.6 Å².